The van der Waals surface area contributed by atoms with E-state index in [-0.39, 0.29) is 23.9 Å². The van der Waals surface area contributed by atoms with Gasteiger partial charge in [-0.2, -0.15) is 5.10 Å². The van der Waals surface area contributed by atoms with E-state index in [9.17, 15) is 24.6 Å². The third-order valence-electron chi connectivity index (χ3n) is 5.91. The molecule has 0 saturated carbocycles. The lowest BCUT2D eigenvalue weighted by atomic mass is 9.98. The Balaban J connectivity index is 1.47. The van der Waals surface area contributed by atoms with E-state index in [1.807, 2.05) is 48.5 Å². The molecule has 0 saturated heterocycles. The van der Waals surface area contributed by atoms with Gasteiger partial charge in [0.25, 0.3) is 5.91 Å². The van der Waals surface area contributed by atoms with Crippen molar-refractivity contribution in [2.24, 2.45) is 7.05 Å². The number of aryl methyl sites for hydroxylation is 1. The molecule has 0 spiro atoms. The zero-order valence-corrected chi connectivity index (χ0v) is 18.6. The molecule has 4 rings (SSSR count). The summed E-state index contributed by atoms with van der Waals surface area (Å²) in [6.45, 7) is 0.437. The smallest absolute Gasteiger partial charge is 0.411 e. The first-order chi connectivity index (χ1) is 16.2. The highest BCUT2D eigenvalue weighted by Crippen LogP contribution is 2.44. The van der Waals surface area contributed by atoms with Crippen LogP contribution in [-0.2, 0) is 16.6 Å². The largest absolute Gasteiger partial charge is 0.479 e. The zero-order chi connectivity index (χ0) is 24.5. The Labute approximate surface area is 195 Å². The molecular formula is C24H24N4O6. The Hall–Kier alpha value is -4.18. The normalized spacial score (nSPS) is 14.0. The highest BCUT2D eigenvalue weighted by Gasteiger charge is 2.36. The number of hydrogen-bond acceptors (Lipinski definition) is 6. The number of amides is 2. The number of fused-ring (bicyclic) bond motifs is 3. The van der Waals surface area contributed by atoms with E-state index in [2.05, 4.69) is 15.7 Å². The van der Waals surface area contributed by atoms with E-state index in [0.29, 0.717) is 0 Å². The van der Waals surface area contributed by atoms with Crippen molar-refractivity contribution < 1.29 is 29.3 Å². The molecule has 1 aliphatic rings. The van der Waals surface area contributed by atoms with Gasteiger partial charge in [0.1, 0.15) is 12.3 Å². The maximum Gasteiger partial charge on any atom is 0.411 e. The van der Waals surface area contributed by atoms with Gasteiger partial charge in [-0.3, -0.25) is 14.8 Å². The number of aliphatic hydroxyl groups excluding tert-OH is 1. The van der Waals surface area contributed by atoms with E-state index in [1.54, 1.807) is 0 Å². The average Bonchev–Trinajstić information content (AvgIpc) is 3.34. The van der Waals surface area contributed by atoms with Crippen LogP contribution in [0.5, 0.6) is 0 Å². The Morgan fingerprint density at radius 1 is 1.09 bits per heavy atom. The molecule has 0 fully saturated rings. The quantitative estimate of drug-likeness (QED) is 0.420. The Kier molecular flexibility index (Phi) is 6.08. The summed E-state index contributed by atoms with van der Waals surface area (Å²) in [7, 11) is 1.47. The number of carboxylic acids is 1. The van der Waals surface area contributed by atoms with Crippen molar-refractivity contribution in [2.45, 2.75) is 18.4 Å². The number of benzene rings is 2. The number of nitrogens with one attached hydrogen (secondary N) is 2. The SMILES string of the molecule is Cn1ncc(NC(=O)OCC2c3ccccc3-c3ccccc32)c1C(=O)NC(C)(CO)C(=O)O. The number of aliphatic hydroxyl groups is 1. The maximum atomic E-state index is 12.7. The first-order valence-electron chi connectivity index (χ1n) is 10.6. The second-order valence-corrected chi connectivity index (χ2v) is 8.23. The Bertz CT molecular complexity index is 1220. The molecule has 0 radical (unpaired) electrons. The van der Waals surface area contributed by atoms with Crippen LogP contribution < -0.4 is 10.6 Å². The van der Waals surface area contributed by atoms with E-state index in [0.717, 1.165) is 22.3 Å². The van der Waals surface area contributed by atoms with Crippen LogP contribution in [-0.4, -0.2) is 56.7 Å². The van der Waals surface area contributed by atoms with Gasteiger partial charge < -0.3 is 20.3 Å². The molecule has 1 heterocycles. The van der Waals surface area contributed by atoms with Crippen molar-refractivity contribution in [1.82, 2.24) is 15.1 Å². The second kappa shape index (κ2) is 8.99. The van der Waals surface area contributed by atoms with Crippen molar-refractivity contribution in [1.29, 1.82) is 0 Å². The fourth-order valence-corrected chi connectivity index (χ4v) is 4.01. The minimum absolute atomic E-state index is 0.0444. The zero-order valence-electron chi connectivity index (χ0n) is 18.6. The molecule has 1 aliphatic carbocycles. The summed E-state index contributed by atoms with van der Waals surface area (Å²) in [5.41, 5.74) is 2.39. The third kappa shape index (κ3) is 4.11. The van der Waals surface area contributed by atoms with Gasteiger partial charge in [0, 0.05) is 13.0 Å². The molecule has 1 unspecified atom stereocenters. The monoisotopic (exact) mass is 464 g/mol. The molecule has 2 amide bonds. The number of ether oxygens (including phenoxy) is 1. The Morgan fingerprint density at radius 2 is 1.68 bits per heavy atom. The van der Waals surface area contributed by atoms with Crippen molar-refractivity contribution in [3.63, 3.8) is 0 Å². The number of carbonyl (C=O) groups excluding carboxylic acids is 2. The van der Waals surface area contributed by atoms with Crippen LogP contribution in [0, 0.1) is 0 Å². The lowest BCUT2D eigenvalue weighted by Gasteiger charge is -2.23. The number of aromatic nitrogens is 2. The van der Waals surface area contributed by atoms with E-state index in [4.69, 9.17) is 4.74 Å². The third-order valence-corrected chi connectivity index (χ3v) is 5.91. The predicted octanol–water partition coefficient (Wildman–Crippen LogP) is 2.35. The van der Waals surface area contributed by atoms with Gasteiger partial charge in [0.2, 0.25) is 0 Å². The van der Waals surface area contributed by atoms with Gasteiger partial charge in [-0.1, -0.05) is 48.5 Å². The van der Waals surface area contributed by atoms with E-state index >= 15 is 0 Å². The number of carboxylic acid groups (broad SMARTS) is 1. The maximum absolute atomic E-state index is 12.7. The summed E-state index contributed by atoms with van der Waals surface area (Å²) >= 11 is 0. The van der Waals surface area contributed by atoms with Crippen LogP contribution in [0.1, 0.15) is 34.5 Å². The molecule has 4 N–H and O–H groups in total. The minimum Gasteiger partial charge on any atom is -0.479 e. The predicted molar refractivity (Wildman–Crippen MR) is 122 cm³/mol. The molecule has 176 valence electrons. The molecule has 2 aromatic carbocycles. The summed E-state index contributed by atoms with van der Waals surface area (Å²) in [4.78, 5) is 36.7. The lowest BCUT2D eigenvalue weighted by Crippen LogP contribution is -2.55. The highest BCUT2D eigenvalue weighted by molar-refractivity contribution is 6.03. The average molecular weight is 464 g/mol. The summed E-state index contributed by atoms with van der Waals surface area (Å²) < 4.78 is 6.68. The van der Waals surface area contributed by atoms with Gasteiger partial charge in [-0.25, -0.2) is 9.59 Å². The molecule has 0 aliphatic heterocycles. The molecule has 0 bridgehead atoms. The van der Waals surface area contributed by atoms with Crippen LogP contribution in [0.4, 0.5) is 10.5 Å². The van der Waals surface area contributed by atoms with Gasteiger partial charge in [-0.05, 0) is 29.2 Å². The van der Waals surface area contributed by atoms with Crippen LogP contribution in [0.2, 0.25) is 0 Å². The number of aliphatic carboxylic acids is 1. The first-order valence-corrected chi connectivity index (χ1v) is 10.6. The number of carbonyl (C=O) groups is 3. The van der Waals surface area contributed by atoms with Crippen LogP contribution in [0.15, 0.2) is 54.7 Å². The summed E-state index contributed by atoms with van der Waals surface area (Å²) in [5.74, 6) is -2.36. The molecule has 10 heteroatoms. The molecule has 10 nitrogen and oxygen atoms in total. The van der Waals surface area contributed by atoms with Gasteiger partial charge >= 0.3 is 12.1 Å². The topological polar surface area (TPSA) is 143 Å². The fraction of sp³-hybridized carbons (Fsp3) is 0.250. The van der Waals surface area contributed by atoms with Crippen molar-refractivity contribution >= 4 is 23.7 Å². The van der Waals surface area contributed by atoms with Gasteiger partial charge in [0.05, 0.1) is 18.5 Å². The standard InChI is InChI=1S/C24H24N4O6/c1-24(13-29,22(31)32)27-21(30)20-19(11-25-28(20)2)26-23(33)34-12-18-16-9-5-3-7-14(16)15-8-4-6-10-17(15)18/h3-11,18,29H,12-13H2,1-2H3,(H,26,33)(H,27,30)(H,31,32). The summed E-state index contributed by atoms with van der Waals surface area (Å²) in [6, 6.07) is 15.9. The van der Waals surface area contributed by atoms with Crippen LogP contribution in [0.25, 0.3) is 11.1 Å². The molecule has 34 heavy (non-hydrogen) atoms. The Morgan fingerprint density at radius 3 is 2.24 bits per heavy atom. The molecule has 1 aromatic heterocycles. The lowest BCUT2D eigenvalue weighted by molar-refractivity contribution is -0.145. The van der Waals surface area contributed by atoms with Crippen LogP contribution in [0.3, 0.4) is 0 Å². The summed E-state index contributed by atoms with van der Waals surface area (Å²) in [6.07, 6.45) is 0.472. The van der Waals surface area contributed by atoms with Crippen LogP contribution >= 0.6 is 0 Å². The minimum atomic E-state index is -1.90. The first kappa shape index (κ1) is 23.0. The van der Waals surface area contributed by atoms with Crippen molar-refractivity contribution in [3.05, 3.63) is 71.5 Å². The van der Waals surface area contributed by atoms with Crippen molar-refractivity contribution in [3.8, 4) is 11.1 Å². The van der Waals surface area contributed by atoms with Crippen molar-refractivity contribution in [2.75, 3.05) is 18.5 Å². The highest BCUT2D eigenvalue weighted by atomic mass is 16.5. The number of rotatable bonds is 7. The fourth-order valence-electron chi connectivity index (χ4n) is 4.01. The molecule has 1 atom stereocenters. The number of nitrogens with zero attached hydrogens (tertiary/aromatic N) is 2. The number of hydrogen-bond donors (Lipinski definition) is 4. The second-order valence-electron chi connectivity index (χ2n) is 8.23. The summed E-state index contributed by atoms with van der Waals surface area (Å²) in [5, 5.41) is 27.4. The van der Waals surface area contributed by atoms with Gasteiger partial charge in [-0.15, -0.1) is 0 Å². The molecule has 3 aromatic rings. The van der Waals surface area contributed by atoms with E-state index in [1.165, 1.54) is 24.9 Å². The van der Waals surface area contributed by atoms with Gasteiger partial charge in [0.15, 0.2) is 5.54 Å². The number of anilines is 1. The van der Waals surface area contributed by atoms with E-state index < -0.39 is 30.1 Å². The molecular weight excluding hydrogens is 440 g/mol.